The third-order valence-electron chi connectivity index (χ3n) is 3.83. The molecule has 1 fully saturated rings. The zero-order valence-electron chi connectivity index (χ0n) is 13.7. The molecule has 2 amide bonds. The van der Waals surface area contributed by atoms with Gasteiger partial charge in [-0.3, -0.25) is 9.69 Å². The highest BCUT2D eigenvalue weighted by Gasteiger charge is 2.36. The van der Waals surface area contributed by atoms with Gasteiger partial charge in [-0.2, -0.15) is 0 Å². The Morgan fingerprint density at radius 2 is 1.92 bits per heavy atom. The average molecular weight is 411 g/mol. The van der Waals surface area contributed by atoms with Crippen LogP contribution in [0.3, 0.4) is 0 Å². The van der Waals surface area contributed by atoms with Gasteiger partial charge in [-0.05, 0) is 17.7 Å². The number of nitrogens with zero attached hydrogens (tertiary/aromatic N) is 1. The number of hydrogen-bond donors (Lipinski definition) is 1. The molecule has 1 N–H and O–H groups in total. The fourth-order valence-corrected chi connectivity index (χ4v) is 3.95. The molecule has 0 radical (unpaired) electrons. The summed E-state index contributed by atoms with van der Waals surface area (Å²) in [6.45, 7) is 0.162. The van der Waals surface area contributed by atoms with Gasteiger partial charge >= 0.3 is 6.09 Å². The molecule has 2 aromatic carbocycles. The van der Waals surface area contributed by atoms with Crippen LogP contribution in [0.1, 0.15) is 5.56 Å². The Labute approximate surface area is 165 Å². The van der Waals surface area contributed by atoms with E-state index in [0.29, 0.717) is 22.3 Å². The molecule has 1 aliphatic rings. The lowest BCUT2D eigenvalue weighted by atomic mass is 10.2. The molecule has 0 aromatic heterocycles. The van der Waals surface area contributed by atoms with Crippen LogP contribution in [0.15, 0.2) is 48.5 Å². The first kappa shape index (κ1) is 18.9. The van der Waals surface area contributed by atoms with E-state index >= 15 is 0 Å². The van der Waals surface area contributed by atoms with Gasteiger partial charge < -0.3 is 10.1 Å². The van der Waals surface area contributed by atoms with Crippen LogP contribution in [0.4, 0.5) is 10.5 Å². The molecule has 0 saturated carbocycles. The molecular formula is C18H16Cl2N2O3S. The normalized spacial score (nSPS) is 16.4. The van der Waals surface area contributed by atoms with Crippen molar-refractivity contribution in [2.45, 2.75) is 12.6 Å². The molecule has 0 unspecified atom stereocenters. The SMILES string of the molecule is O=C(Nc1cccc(Cl)c1Cl)[C@H]1CSCN1C(=O)OCc1ccccc1. The number of ether oxygens (including phenoxy) is 1. The number of thioether (sulfide) groups is 1. The van der Waals surface area contributed by atoms with Crippen molar-refractivity contribution < 1.29 is 14.3 Å². The topological polar surface area (TPSA) is 58.6 Å². The summed E-state index contributed by atoms with van der Waals surface area (Å²) in [7, 11) is 0. The number of amides is 2. The van der Waals surface area contributed by atoms with Gasteiger partial charge in [0.15, 0.2) is 0 Å². The summed E-state index contributed by atoms with van der Waals surface area (Å²) >= 11 is 13.6. The Bertz CT molecular complexity index is 804. The molecule has 1 aliphatic heterocycles. The molecule has 5 nitrogen and oxygen atoms in total. The second-order valence-electron chi connectivity index (χ2n) is 5.62. The zero-order chi connectivity index (χ0) is 18.5. The van der Waals surface area contributed by atoms with E-state index in [2.05, 4.69) is 5.32 Å². The van der Waals surface area contributed by atoms with Crippen LogP contribution in [-0.4, -0.2) is 34.6 Å². The van der Waals surface area contributed by atoms with E-state index in [4.69, 9.17) is 27.9 Å². The lowest BCUT2D eigenvalue weighted by Crippen LogP contribution is -2.44. The highest BCUT2D eigenvalue weighted by molar-refractivity contribution is 7.99. The van der Waals surface area contributed by atoms with Crippen LogP contribution >= 0.6 is 35.0 Å². The quantitative estimate of drug-likeness (QED) is 0.796. The standard InChI is InChI=1S/C18H16Cl2N2O3S/c19-13-7-4-8-14(16(13)20)21-17(23)15-10-26-11-22(15)18(24)25-9-12-5-2-1-3-6-12/h1-8,15H,9-11H2,(H,21,23)/t15-/m1/s1. The maximum Gasteiger partial charge on any atom is 0.411 e. The van der Waals surface area contributed by atoms with E-state index in [1.807, 2.05) is 30.3 Å². The molecule has 1 saturated heterocycles. The molecule has 8 heteroatoms. The molecular weight excluding hydrogens is 395 g/mol. The number of anilines is 1. The number of benzene rings is 2. The van der Waals surface area contributed by atoms with Gasteiger partial charge in [0.05, 0.1) is 21.6 Å². The number of nitrogens with one attached hydrogen (secondary N) is 1. The maximum atomic E-state index is 12.6. The van der Waals surface area contributed by atoms with Gasteiger partial charge in [-0.25, -0.2) is 4.79 Å². The summed E-state index contributed by atoms with van der Waals surface area (Å²) in [5.41, 5.74) is 1.30. The molecule has 0 spiro atoms. The van der Waals surface area contributed by atoms with Gasteiger partial charge in [0.2, 0.25) is 5.91 Å². The predicted octanol–water partition coefficient (Wildman–Crippen LogP) is 4.64. The Balaban J connectivity index is 1.62. The largest absolute Gasteiger partial charge is 0.445 e. The summed E-state index contributed by atoms with van der Waals surface area (Å²) in [5, 5.41) is 3.35. The van der Waals surface area contributed by atoms with Crippen LogP contribution in [0, 0.1) is 0 Å². The monoisotopic (exact) mass is 410 g/mol. The molecule has 0 bridgehead atoms. The molecule has 136 valence electrons. The second-order valence-corrected chi connectivity index (χ2v) is 7.40. The first-order chi connectivity index (χ1) is 12.6. The minimum absolute atomic E-state index is 0.162. The molecule has 1 heterocycles. The van der Waals surface area contributed by atoms with Gasteiger partial charge in [0.25, 0.3) is 0 Å². The lowest BCUT2D eigenvalue weighted by Gasteiger charge is -2.22. The Morgan fingerprint density at radius 3 is 2.69 bits per heavy atom. The number of hydrogen-bond acceptors (Lipinski definition) is 4. The van der Waals surface area contributed by atoms with Crippen molar-refractivity contribution in [3.8, 4) is 0 Å². The lowest BCUT2D eigenvalue weighted by molar-refractivity contribution is -0.119. The molecule has 0 aliphatic carbocycles. The zero-order valence-corrected chi connectivity index (χ0v) is 16.0. The van der Waals surface area contributed by atoms with Crippen LogP contribution in [-0.2, 0) is 16.1 Å². The van der Waals surface area contributed by atoms with E-state index in [1.165, 1.54) is 16.7 Å². The number of rotatable bonds is 4. The van der Waals surface area contributed by atoms with Crippen molar-refractivity contribution in [1.82, 2.24) is 4.90 Å². The van der Waals surface area contributed by atoms with Crippen LogP contribution in [0.5, 0.6) is 0 Å². The van der Waals surface area contributed by atoms with E-state index < -0.39 is 12.1 Å². The number of carbonyl (C=O) groups excluding carboxylic acids is 2. The van der Waals surface area contributed by atoms with Crippen molar-refractivity contribution in [2.75, 3.05) is 16.9 Å². The summed E-state index contributed by atoms with van der Waals surface area (Å²) in [4.78, 5) is 26.4. The second kappa shape index (κ2) is 8.66. The number of carbonyl (C=O) groups is 2. The smallest absolute Gasteiger partial charge is 0.411 e. The summed E-state index contributed by atoms with van der Waals surface area (Å²) in [6, 6.07) is 13.8. The Kier molecular flexibility index (Phi) is 6.29. The predicted molar refractivity (Wildman–Crippen MR) is 105 cm³/mol. The van der Waals surface area contributed by atoms with Gasteiger partial charge in [0.1, 0.15) is 12.6 Å². The number of halogens is 2. The fraction of sp³-hybridized carbons (Fsp3) is 0.222. The van der Waals surface area contributed by atoms with Crippen LogP contribution in [0.25, 0.3) is 0 Å². The van der Waals surface area contributed by atoms with Crippen LogP contribution < -0.4 is 5.32 Å². The third-order valence-corrected chi connectivity index (χ3v) is 5.67. The fourth-order valence-electron chi connectivity index (χ4n) is 2.46. The van der Waals surface area contributed by atoms with Crippen molar-refractivity contribution in [1.29, 1.82) is 0 Å². The van der Waals surface area contributed by atoms with E-state index in [-0.39, 0.29) is 17.5 Å². The summed E-state index contributed by atoms with van der Waals surface area (Å²) in [5.74, 6) is 0.565. The first-order valence-electron chi connectivity index (χ1n) is 7.86. The van der Waals surface area contributed by atoms with E-state index in [9.17, 15) is 9.59 Å². The third kappa shape index (κ3) is 4.44. The van der Waals surface area contributed by atoms with Crippen LogP contribution in [0.2, 0.25) is 10.0 Å². The molecule has 3 rings (SSSR count). The van der Waals surface area contributed by atoms with Crippen molar-refractivity contribution in [3.05, 3.63) is 64.1 Å². The Hall–Kier alpha value is -1.89. The highest BCUT2D eigenvalue weighted by atomic mass is 35.5. The van der Waals surface area contributed by atoms with Gasteiger partial charge in [-0.1, -0.05) is 59.6 Å². The van der Waals surface area contributed by atoms with Crippen molar-refractivity contribution in [2.24, 2.45) is 0 Å². The summed E-state index contributed by atoms with van der Waals surface area (Å²) < 4.78 is 5.33. The first-order valence-corrected chi connectivity index (χ1v) is 9.77. The minimum Gasteiger partial charge on any atom is -0.445 e. The molecule has 26 heavy (non-hydrogen) atoms. The van der Waals surface area contributed by atoms with Gasteiger partial charge in [-0.15, -0.1) is 11.8 Å². The van der Waals surface area contributed by atoms with E-state index in [1.54, 1.807) is 18.2 Å². The van der Waals surface area contributed by atoms with E-state index in [0.717, 1.165) is 5.56 Å². The minimum atomic E-state index is -0.627. The maximum absolute atomic E-state index is 12.6. The molecule has 1 atom stereocenters. The van der Waals surface area contributed by atoms with Crippen molar-refractivity contribution >= 4 is 52.7 Å². The highest BCUT2D eigenvalue weighted by Crippen LogP contribution is 2.30. The van der Waals surface area contributed by atoms with Crippen molar-refractivity contribution in [3.63, 3.8) is 0 Å². The summed E-state index contributed by atoms with van der Waals surface area (Å²) in [6.07, 6.45) is -0.517. The average Bonchev–Trinajstić information content (AvgIpc) is 3.14. The molecule has 2 aromatic rings. The Morgan fingerprint density at radius 1 is 1.15 bits per heavy atom. The van der Waals surface area contributed by atoms with Gasteiger partial charge in [0, 0.05) is 5.75 Å².